The van der Waals surface area contributed by atoms with Crippen molar-refractivity contribution < 1.29 is 24.4 Å². The van der Waals surface area contributed by atoms with Crippen LogP contribution in [0.1, 0.15) is 66.3 Å². The van der Waals surface area contributed by atoms with Gasteiger partial charge in [0.15, 0.2) is 0 Å². The number of carbonyl (C=O) groups excluding carboxylic acids is 4. The highest BCUT2D eigenvalue weighted by molar-refractivity contribution is 6.18. The molecule has 0 aliphatic heterocycles. The summed E-state index contributed by atoms with van der Waals surface area (Å²) < 4.78 is 4.73. The van der Waals surface area contributed by atoms with Gasteiger partial charge in [-0.2, -0.15) is 0 Å². The van der Waals surface area contributed by atoms with Crippen molar-refractivity contribution in [1.82, 2.24) is 24.4 Å². The van der Waals surface area contributed by atoms with E-state index in [1.54, 1.807) is 65.6 Å². The summed E-state index contributed by atoms with van der Waals surface area (Å²) in [4.78, 5) is 52.7. The Morgan fingerprint density at radius 2 is 1.43 bits per heavy atom. The van der Waals surface area contributed by atoms with Gasteiger partial charge in [-0.25, -0.2) is 10.4 Å². The number of aromatic nitrogens is 3. The number of nitrogens with two attached hydrogens (primary N) is 1. The van der Waals surface area contributed by atoms with Crippen LogP contribution in [0.25, 0.3) is 0 Å². The molecule has 15 nitrogen and oxygen atoms in total. The Kier molecular flexibility index (Phi) is 11.9. The molecule has 49 heavy (non-hydrogen) atoms. The molecule has 7 N–H and O–H groups in total. The van der Waals surface area contributed by atoms with Crippen molar-refractivity contribution in [2.24, 2.45) is 32.0 Å². The lowest BCUT2D eigenvalue weighted by Crippen LogP contribution is -2.44. The summed E-state index contributed by atoms with van der Waals surface area (Å²) in [5.74, 6) is -1.36. The van der Waals surface area contributed by atoms with Crippen LogP contribution in [0.5, 0.6) is 0 Å². The second-order valence-corrected chi connectivity index (χ2v) is 11.8. The summed E-state index contributed by atoms with van der Waals surface area (Å²) in [7, 11) is 5.02. The van der Waals surface area contributed by atoms with Crippen LogP contribution < -0.4 is 32.1 Å². The fraction of sp³-hybridized carbons (Fsp3) is 0.303. The number of nitrogens with one attached hydrogen (secondary N) is 4. The number of aryl methyl sites for hydroxylation is 5. The van der Waals surface area contributed by atoms with Crippen molar-refractivity contribution in [3.8, 4) is 0 Å². The SMILES string of the molecule is CCc1ccc(C(=O)N(NCCCl)c2cc(C(=O)Nc3cc(C(=O)Nc4cc(C(=O)NCC/C(N)=N/O)n(C)c4)n(C)c3)n(C)c2)cc1C. The van der Waals surface area contributed by atoms with E-state index in [1.165, 1.54) is 17.1 Å². The lowest BCUT2D eigenvalue weighted by atomic mass is 10.0. The fourth-order valence-electron chi connectivity index (χ4n) is 5.24. The number of halogens is 1. The number of carbonyl (C=O) groups is 4. The summed E-state index contributed by atoms with van der Waals surface area (Å²) in [5.41, 5.74) is 13.2. The number of amides is 4. The Morgan fingerprint density at radius 1 is 0.857 bits per heavy atom. The molecule has 0 fully saturated rings. The number of alkyl halides is 1. The molecule has 3 heterocycles. The summed E-state index contributed by atoms with van der Waals surface area (Å²) in [6.45, 7) is 4.51. The van der Waals surface area contributed by atoms with Crippen LogP contribution in [-0.4, -0.2) is 67.3 Å². The molecule has 0 saturated heterocycles. The van der Waals surface area contributed by atoms with E-state index in [9.17, 15) is 19.2 Å². The Balaban J connectivity index is 1.45. The topological polar surface area (TPSA) is 193 Å². The van der Waals surface area contributed by atoms with Gasteiger partial charge in [0.05, 0.1) is 17.1 Å². The van der Waals surface area contributed by atoms with Crippen LogP contribution in [0.4, 0.5) is 17.1 Å². The first kappa shape index (κ1) is 36.3. The lowest BCUT2D eigenvalue weighted by Gasteiger charge is -2.22. The van der Waals surface area contributed by atoms with Crippen molar-refractivity contribution in [1.29, 1.82) is 0 Å². The van der Waals surface area contributed by atoms with Gasteiger partial charge in [-0.1, -0.05) is 18.1 Å². The van der Waals surface area contributed by atoms with E-state index >= 15 is 0 Å². The number of amidine groups is 1. The zero-order chi connectivity index (χ0) is 35.8. The maximum atomic E-state index is 13.6. The smallest absolute Gasteiger partial charge is 0.272 e. The predicted octanol–water partition coefficient (Wildman–Crippen LogP) is 3.33. The number of nitrogens with zero attached hydrogens (tertiary/aromatic N) is 5. The fourth-order valence-corrected chi connectivity index (χ4v) is 5.32. The van der Waals surface area contributed by atoms with E-state index in [1.807, 2.05) is 19.1 Å². The molecule has 0 bridgehead atoms. The standard InChI is InChI=1S/C33H41ClN10O5/c1-6-21-7-8-22(13-20(21)2)33(48)44(37-12-10-34)25-16-28(43(5)19-25)32(47)39-24-15-27(42(4)18-24)31(46)38-23-14-26(41(3)17-23)30(45)36-11-9-29(35)40-49/h7-8,13-19,37,49H,6,9-12H2,1-5H3,(H2,35,40)(H,36,45)(H,38,46)(H,39,47). The molecule has 3 aromatic heterocycles. The first-order chi connectivity index (χ1) is 23.4. The molecule has 0 spiro atoms. The molecule has 4 aromatic rings. The number of oxime groups is 1. The average molecular weight is 693 g/mol. The highest BCUT2D eigenvalue weighted by Gasteiger charge is 2.23. The monoisotopic (exact) mass is 692 g/mol. The van der Waals surface area contributed by atoms with Crippen molar-refractivity contribution in [2.75, 3.05) is 34.6 Å². The van der Waals surface area contributed by atoms with E-state index in [2.05, 4.69) is 33.5 Å². The summed E-state index contributed by atoms with van der Waals surface area (Å²) >= 11 is 5.93. The Labute approximate surface area is 288 Å². The van der Waals surface area contributed by atoms with E-state index in [0.29, 0.717) is 34.9 Å². The number of benzene rings is 1. The molecule has 0 saturated carbocycles. The quantitative estimate of drug-likeness (QED) is 0.0384. The first-order valence-electron chi connectivity index (χ1n) is 15.5. The zero-order valence-corrected chi connectivity index (χ0v) is 28.8. The largest absolute Gasteiger partial charge is 0.409 e. The molecule has 0 atom stereocenters. The molecule has 4 amide bonds. The second kappa shape index (κ2) is 16.0. The first-order valence-corrected chi connectivity index (χ1v) is 16.0. The Morgan fingerprint density at radius 3 is 1.98 bits per heavy atom. The van der Waals surface area contributed by atoms with E-state index in [0.717, 1.165) is 17.5 Å². The van der Waals surface area contributed by atoms with Crippen molar-refractivity contribution in [2.45, 2.75) is 26.7 Å². The molecule has 260 valence electrons. The van der Waals surface area contributed by atoms with Crippen LogP contribution in [0.2, 0.25) is 0 Å². The molecular weight excluding hydrogens is 652 g/mol. The van der Waals surface area contributed by atoms with Crippen LogP contribution in [0.15, 0.2) is 60.1 Å². The molecule has 0 radical (unpaired) electrons. The molecule has 4 rings (SSSR count). The minimum absolute atomic E-state index is 0.00975. The van der Waals surface area contributed by atoms with Gasteiger partial charge in [0.25, 0.3) is 23.6 Å². The summed E-state index contributed by atoms with van der Waals surface area (Å²) in [5, 5.41) is 21.2. The highest BCUT2D eigenvalue weighted by Crippen LogP contribution is 2.23. The van der Waals surface area contributed by atoms with E-state index < -0.39 is 17.7 Å². The van der Waals surface area contributed by atoms with Crippen LogP contribution in [0.3, 0.4) is 0 Å². The average Bonchev–Trinajstić information content (AvgIpc) is 3.76. The van der Waals surface area contributed by atoms with Gasteiger partial charge >= 0.3 is 0 Å². The van der Waals surface area contributed by atoms with E-state index in [-0.39, 0.29) is 42.0 Å². The Bertz CT molecular complexity index is 1890. The van der Waals surface area contributed by atoms with E-state index in [4.69, 9.17) is 22.5 Å². The lowest BCUT2D eigenvalue weighted by molar-refractivity contribution is 0.0943. The highest BCUT2D eigenvalue weighted by atomic mass is 35.5. The van der Waals surface area contributed by atoms with Gasteiger partial charge in [-0.3, -0.25) is 19.2 Å². The third-order valence-corrected chi connectivity index (χ3v) is 7.99. The minimum atomic E-state index is -0.463. The number of hydrazine groups is 1. The molecule has 0 aliphatic carbocycles. The van der Waals surface area contributed by atoms with Crippen LogP contribution in [-0.2, 0) is 27.6 Å². The summed E-state index contributed by atoms with van der Waals surface area (Å²) in [6.07, 6.45) is 5.88. The molecule has 16 heteroatoms. The van der Waals surface area contributed by atoms with Crippen molar-refractivity contribution >= 4 is 58.1 Å². The second-order valence-electron chi connectivity index (χ2n) is 11.4. The predicted molar refractivity (Wildman–Crippen MR) is 189 cm³/mol. The molecule has 0 unspecified atom stereocenters. The maximum absolute atomic E-state index is 13.6. The molecule has 1 aromatic carbocycles. The van der Waals surface area contributed by atoms with Crippen molar-refractivity contribution in [3.63, 3.8) is 0 Å². The number of rotatable bonds is 14. The van der Waals surface area contributed by atoms with Crippen molar-refractivity contribution in [3.05, 3.63) is 88.8 Å². The van der Waals surface area contributed by atoms with Gasteiger partial charge < -0.3 is 40.6 Å². The molecule has 0 aliphatic rings. The molecular formula is C33H41ClN10O5. The minimum Gasteiger partial charge on any atom is -0.409 e. The van der Waals surface area contributed by atoms with Gasteiger partial charge in [-0.05, 0) is 54.8 Å². The van der Waals surface area contributed by atoms with Gasteiger partial charge in [-0.15, -0.1) is 11.6 Å². The van der Waals surface area contributed by atoms with Crippen LogP contribution in [0, 0.1) is 6.92 Å². The normalized spacial score (nSPS) is 11.3. The summed E-state index contributed by atoms with van der Waals surface area (Å²) in [6, 6.07) is 10.2. The third-order valence-electron chi connectivity index (χ3n) is 7.81. The number of anilines is 3. The zero-order valence-electron chi connectivity index (χ0n) is 28.0. The Hall–Kier alpha value is -5.54. The van der Waals surface area contributed by atoms with Crippen LogP contribution >= 0.6 is 11.6 Å². The number of hydrogen-bond acceptors (Lipinski definition) is 7. The van der Waals surface area contributed by atoms with Gasteiger partial charge in [0, 0.05) is 70.7 Å². The number of hydrogen-bond donors (Lipinski definition) is 6. The van der Waals surface area contributed by atoms with Gasteiger partial charge in [0.2, 0.25) is 0 Å². The third kappa shape index (κ3) is 8.69. The maximum Gasteiger partial charge on any atom is 0.272 e. The van der Waals surface area contributed by atoms with Gasteiger partial charge in [0.1, 0.15) is 22.9 Å².